The number of nitrogens with one attached hydrogen (secondary N) is 3. The first-order valence-electron chi connectivity index (χ1n) is 9.61. The molecule has 0 bridgehead atoms. The van der Waals surface area contributed by atoms with Crippen molar-refractivity contribution in [2.45, 2.75) is 51.4 Å². The van der Waals surface area contributed by atoms with E-state index in [2.05, 4.69) is 28.6 Å². The summed E-state index contributed by atoms with van der Waals surface area (Å²) in [5, 5.41) is 16.8. The summed E-state index contributed by atoms with van der Waals surface area (Å²) in [6.07, 6.45) is 0.142. The maximum atomic E-state index is 12.9. The van der Waals surface area contributed by atoms with Gasteiger partial charge in [-0.2, -0.15) is 12.6 Å². The fraction of sp³-hybridized carbons (Fsp3) is 0.500. The van der Waals surface area contributed by atoms with E-state index in [0.29, 0.717) is 0 Å². The van der Waals surface area contributed by atoms with Crippen LogP contribution in [0.1, 0.15) is 26.3 Å². The van der Waals surface area contributed by atoms with Crippen molar-refractivity contribution >= 4 is 36.3 Å². The molecule has 0 saturated carbocycles. The molecule has 30 heavy (non-hydrogen) atoms. The number of carbonyl (C=O) groups excluding carboxylic acids is 3. The van der Waals surface area contributed by atoms with Crippen LogP contribution < -0.4 is 21.7 Å². The van der Waals surface area contributed by atoms with Crippen LogP contribution >= 0.6 is 12.6 Å². The highest BCUT2D eigenvalue weighted by Gasteiger charge is 2.31. The van der Waals surface area contributed by atoms with E-state index in [-0.39, 0.29) is 18.1 Å². The molecule has 6 N–H and O–H groups in total. The first-order chi connectivity index (χ1) is 14.1. The van der Waals surface area contributed by atoms with Crippen LogP contribution in [0.25, 0.3) is 0 Å². The number of carboxylic acids is 1. The predicted molar refractivity (Wildman–Crippen MR) is 116 cm³/mol. The van der Waals surface area contributed by atoms with Crippen LogP contribution in [0.2, 0.25) is 0 Å². The molecular weight excluding hydrogens is 408 g/mol. The second-order valence-electron chi connectivity index (χ2n) is 7.35. The van der Waals surface area contributed by atoms with Gasteiger partial charge in [-0.25, -0.2) is 4.79 Å². The lowest BCUT2D eigenvalue weighted by Crippen LogP contribution is -2.58. The van der Waals surface area contributed by atoms with Crippen LogP contribution in [0.4, 0.5) is 0 Å². The van der Waals surface area contributed by atoms with E-state index < -0.39 is 47.9 Å². The topological polar surface area (TPSA) is 151 Å². The van der Waals surface area contributed by atoms with E-state index in [1.165, 1.54) is 6.92 Å². The van der Waals surface area contributed by atoms with E-state index in [9.17, 15) is 24.3 Å². The first-order valence-corrected chi connectivity index (χ1v) is 10.2. The first kappa shape index (κ1) is 25.4. The molecule has 0 aliphatic carbocycles. The Morgan fingerprint density at radius 3 is 1.97 bits per heavy atom. The minimum Gasteiger partial charge on any atom is -0.480 e. The van der Waals surface area contributed by atoms with Gasteiger partial charge in [0.2, 0.25) is 17.7 Å². The zero-order valence-electron chi connectivity index (χ0n) is 17.3. The van der Waals surface area contributed by atoms with E-state index in [1.807, 2.05) is 6.07 Å². The molecule has 10 heteroatoms. The third-order valence-corrected chi connectivity index (χ3v) is 4.74. The lowest BCUT2D eigenvalue weighted by Gasteiger charge is -2.26. The van der Waals surface area contributed by atoms with Gasteiger partial charge in [-0.05, 0) is 18.4 Å². The number of benzene rings is 1. The van der Waals surface area contributed by atoms with Crippen molar-refractivity contribution in [1.29, 1.82) is 0 Å². The molecule has 9 nitrogen and oxygen atoms in total. The molecule has 0 saturated heterocycles. The van der Waals surface area contributed by atoms with Gasteiger partial charge in [0.1, 0.15) is 18.1 Å². The minimum absolute atomic E-state index is 0.105. The van der Waals surface area contributed by atoms with Crippen molar-refractivity contribution in [3.8, 4) is 0 Å². The number of amides is 3. The van der Waals surface area contributed by atoms with Gasteiger partial charge >= 0.3 is 5.97 Å². The monoisotopic (exact) mass is 438 g/mol. The highest BCUT2D eigenvalue weighted by molar-refractivity contribution is 7.80. The van der Waals surface area contributed by atoms with Crippen LogP contribution in [0.5, 0.6) is 0 Å². The summed E-state index contributed by atoms with van der Waals surface area (Å²) in [5.41, 5.74) is 6.34. The highest BCUT2D eigenvalue weighted by atomic mass is 32.1. The summed E-state index contributed by atoms with van der Waals surface area (Å²) in [6.45, 7) is 5.00. The zero-order valence-corrected chi connectivity index (χ0v) is 18.2. The van der Waals surface area contributed by atoms with Crippen LogP contribution in [-0.2, 0) is 25.6 Å². The van der Waals surface area contributed by atoms with E-state index in [0.717, 1.165) is 5.56 Å². The number of aliphatic carboxylic acids is 1. The van der Waals surface area contributed by atoms with E-state index in [1.54, 1.807) is 38.1 Å². The Labute approximate surface area is 181 Å². The fourth-order valence-electron chi connectivity index (χ4n) is 2.60. The van der Waals surface area contributed by atoms with Gasteiger partial charge in [0.25, 0.3) is 0 Å². The standard InChI is InChI=1S/C20H30N4O5S/c1-11(2)16(24-17(25)12(3)21)19(27)22-14(9-13-7-5-4-6-8-13)18(26)23-15(10-30)20(28)29/h4-8,11-12,14-16,30H,9-10,21H2,1-3H3,(H,22,27)(H,23,26)(H,24,25)(H,28,29). The van der Waals surface area contributed by atoms with Gasteiger partial charge < -0.3 is 26.8 Å². The summed E-state index contributed by atoms with van der Waals surface area (Å²) in [5.74, 6) is -3.31. The molecule has 0 spiro atoms. The zero-order chi connectivity index (χ0) is 22.8. The molecule has 0 aromatic heterocycles. The number of carboxylic acid groups (broad SMARTS) is 1. The fourth-order valence-corrected chi connectivity index (χ4v) is 2.85. The number of carbonyl (C=O) groups is 4. The largest absolute Gasteiger partial charge is 0.480 e. The van der Waals surface area contributed by atoms with Crippen LogP contribution in [0.15, 0.2) is 30.3 Å². The highest BCUT2D eigenvalue weighted by Crippen LogP contribution is 2.07. The molecule has 4 atom stereocenters. The van der Waals surface area contributed by atoms with Crippen molar-refractivity contribution in [2.24, 2.45) is 11.7 Å². The summed E-state index contributed by atoms with van der Waals surface area (Å²) in [7, 11) is 0. The van der Waals surface area contributed by atoms with Crippen LogP contribution in [0, 0.1) is 5.92 Å². The Morgan fingerprint density at radius 2 is 1.50 bits per heavy atom. The average Bonchev–Trinajstić information content (AvgIpc) is 2.69. The van der Waals surface area contributed by atoms with Crippen LogP contribution in [-0.4, -0.2) is 58.7 Å². The number of hydrogen-bond acceptors (Lipinski definition) is 6. The lowest BCUT2D eigenvalue weighted by molar-refractivity contribution is -0.141. The number of thiol groups is 1. The maximum absolute atomic E-state index is 12.9. The van der Waals surface area contributed by atoms with Gasteiger partial charge in [0, 0.05) is 12.2 Å². The Morgan fingerprint density at radius 1 is 0.933 bits per heavy atom. The Balaban J connectivity index is 3.04. The summed E-state index contributed by atoms with van der Waals surface area (Å²) in [4.78, 5) is 48.8. The summed E-state index contributed by atoms with van der Waals surface area (Å²) in [6, 6.07) is 5.03. The molecule has 0 aliphatic heterocycles. The Kier molecular flexibility index (Phi) is 10.3. The lowest BCUT2D eigenvalue weighted by atomic mass is 10.0. The smallest absolute Gasteiger partial charge is 0.327 e. The van der Waals surface area contributed by atoms with Gasteiger partial charge in [0.05, 0.1) is 6.04 Å². The van der Waals surface area contributed by atoms with Gasteiger partial charge in [-0.15, -0.1) is 0 Å². The number of nitrogens with two attached hydrogens (primary N) is 1. The SMILES string of the molecule is CC(N)C(=O)NC(C(=O)NC(Cc1ccccc1)C(=O)NC(CS)C(=O)O)C(C)C. The molecule has 166 valence electrons. The van der Waals surface area contributed by atoms with Gasteiger partial charge in [-0.1, -0.05) is 44.2 Å². The van der Waals surface area contributed by atoms with E-state index >= 15 is 0 Å². The molecule has 1 rings (SSSR count). The maximum Gasteiger partial charge on any atom is 0.327 e. The normalized spacial score (nSPS) is 14.9. The van der Waals surface area contributed by atoms with E-state index in [4.69, 9.17) is 5.73 Å². The quantitative estimate of drug-likeness (QED) is 0.261. The van der Waals surface area contributed by atoms with Crippen molar-refractivity contribution in [1.82, 2.24) is 16.0 Å². The molecule has 0 heterocycles. The van der Waals surface area contributed by atoms with Crippen molar-refractivity contribution < 1.29 is 24.3 Å². The Hall–Kier alpha value is -2.59. The second-order valence-corrected chi connectivity index (χ2v) is 7.72. The third-order valence-electron chi connectivity index (χ3n) is 4.37. The molecule has 3 amide bonds. The van der Waals surface area contributed by atoms with Crippen molar-refractivity contribution in [3.63, 3.8) is 0 Å². The number of rotatable bonds is 11. The Bertz CT molecular complexity index is 742. The predicted octanol–water partition coefficient (Wildman–Crippen LogP) is -0.299. The molecule has 1 aromatic carbocycles. The molecular formula is C20H30N4O5S. The second kappa shape index (κ2) is 12.2. The molecule has 4 unspecified atom stereocenters. The molecule has 0 aliphatic rings. The van der Waals surface area contributed by atoms with Crippen molar-refractivity contribution in [3.05, 3.63) is 35.9 Å². The molecule has 0 radical (unpaired) electrons. The van der Waals surface area contributed by atoms with Gasteiger partial charge in [0.15, 0.2) is 0 Å². The van der Waals surface area contributed by atoms with Crippen LogP contribution in [0.3, 0.4) is 0 Å². The van der Waals surface area contributed by atoms with Gasteiger partial charge in [-0.3, -0.25) is 14.4 Å². The average molecular weight is 439 g/mol. The molecule has 1 aromatic rings. The van der Waals surface area contributed by atoms with Crippen molar-refractivity contribution in [2.75, 3.05) is 5.75 Å². The molecule has 0 fully saturated rings. The third kappa shape index (κ3) is 8.03. The number of hydrogen-bond donors (Lipinski definition) is 6. The minimum atomic E-state index is -1.23. The summed E-state index contributed by atoms with van der Waals surface area (Å²) < 4.78 is 0. The summed E-state index contributed by atoms with van der Waals surface area (Å²) >= 11 is 3.94.